The minimum Gasteiger partial charge on any atom is -0.414 e. The number of nitrogens with zero attached hydrogens (tertiary/aromatic N) is 5. The van der Waals surface area contributed by atoms with Crippen molar-refractivity contribution in [3.63, 3.8) is 0 Å². The third-order valence-electron chi connectivity index (χ3n) is 5.33. The second-order valence-corrected chi connectivity index (χ2v) is 10.5. The first-order chi connectivity index (χ1) is 16.7. The Morgan fingerprint density at radius 1 is 1.11 bits per heavy atom. The van der Waals surface area contributed by atoms with Gasteiger partial charge in [0.1, 0.15) is 6.07 Å². The quantitative estimate of drug-likeness (QED) is 0.384. The highest BCUT2D eigenvalue weighted by atomic mass is 32.2. The SMILES string of the molecule is CNCc1ccc(-c2nnc(-c3nc(-c4ccc(S(=O)(=O)C(C)C)c(C#N)c4)cnc3N)o2)cc1.[HH].[HH].[HH]. The van der Waals surface area contributed by atoms with Crippen LogP contribution >= 0.6 is 0 Å². The highest BCUT2D eigenvalue weighted by molar-refractivity contribution is 7.92. The van der Waals surface area contributed by atoms with Crippen LogP contribution in [-0.2, 0) is 16.4 Å². The highest BCUT2D eigenvalue weighted by Gasteiger charge is 2.24. The molecule has 10 nitrogen and oxygen atoms in total. The van der Waals surface area contributed by atoms with E-state index in [1.54, 1.807) is 19.9 Å². The van der Waals surface area contributed by atoms with Crippen LogP contribution in [0.3, 0.4) is 0 Å². The molecule has 0 bridgehead atoms. The lowest BCUT2D eigenvalue weighted by Gasteiger charge is -2.11. The molecule has 35 heavy (non-hydrogen) atoms. The molecule has 4 rings (SSSR count). The number of anilines is 1. The van der Waals surface area contributed by atoms with E-state index in [1.807, 2.05) is 37.4 Å². The van der Waals surface area contributed by atoms with Crippen molar-refractivity contribution >= 4 is 15.7 Å². The van der Waals surface area contributed by atoms with Crippen LogP contribution in [0.15, 0.2) is 58.0 Å². The zero-order valence-electron chi connectivity index (χ0n) is 19.3. The molecule has 0 spiro atoms. The predicted octanol–water partition coefficient (Wildman–Crippen LogP) is 3.95. The summed E-state index contributed by atoms with van der Waals surface area (Å²) < 4.78 is 31.0. The number of hydrogen-bond acceptors (Lipinski definition) is 10. The predicted molar refractivity (Wildman–Crippen MR) is 137 cm³/mol. The summed E-state index contributed by atoms with van der Waals surface area (Å²) in [5.41, 5.74) is 8.97. The van der Waals surface area contributed by atoms with Gasteiger partial charge < -0.3 is 15.5 Å². The summed E-state index contributed by atoms with van der Waals surface area (Å²) >= 11 is 0. The fourth-order valence-electron chi connectivity index (χ4n) is 3.38. The second kappa shape index (κ2) is 9.61. The van der Waals surface area contributed by atoms with Crippen LogP contribution in [0.25, 0.3) is 34.3 Å². The minimum atomic E-state index is -3.62. The third kappa shape index (κ3) is 4.75. The molecule has 0 aliphatic heterocycles. The Bertz CT molecular complexity index is 1540. The topological polar surface area (TPSA) is 161 Å². The Labute approximate surface area is 207 Å². The molecule has 11 heteroatoms. The molecule has 4 aromatic rings. The summed E-state index contributed by atoms with van der Waals surface area (Å²) in [5, 5.41) is 20.2. The van der Waals surface area contributed by atoms with E-state index in [9.17, 15) is 13.7 Å². The molecule has 3 N–H and O–H groups in total. The van der Waals surface area contributed by atoms with E-state index >= 15 is 0 Å². The molecule has 184 valence electrons. The minimum absolute atomic E-state index is 0. The number of aromatic nitrogens is 4. The van der Waals surface area contributed by atoms with Crippen LogP contribution in [0.1, 0.15) is 29.3 Å². The van der Waals surface area contributed by atoms with Crippen molar-refractivity contribution in [1.29, 1.82) is 5.26 Å². The molecule has 0 saturated heterocycles. The molecular formula is C24H29N7O3S. The number of nitrogens with one attached hydrogen (secondary N) is 1. The molecule has 0 aliphatic carbocycles. The fraction of sp³-hybridized carbons (Fsp3) is 0.208. The Morgan fingerprint density at radius 2 is 1.80 bits per heavy atom. The number of nitriles is 1. The molecule has 2 heterocycles. The molecular weight excluding hydrogens is 466 g/mol. The van der Waals surface area contributed by atoms with Gasteiger partial charge in [-0.1, -0.05) is 18.2 Å². The third-order valence-corrected chi connectivity index (χ3v) is 7.54. The summed E-state index contributed by atoms with van der Waals surface area (Å²) in [7, 11) is -1.75. The average molecular weight is 496 g/mol. The van der Waals surface area contributed by atoms with Gasteiger partial charge in [0.25, 0.3) is 5.89 Å². The Hall–Kier alpha value is -4.14. The Kier molecular flexibility index (Phi) is 6.59. The number of nitrogens with two attached hydrogens (primary N) is 1. The van der Waals surface area contributed by atoms with Crippen molar-refractivity contribution in [3.05, 3.63) is 59.8 Å². The molecule has 0 unspecified atom stereocenters. The summed E-state index contributed by atoms with van der Waals surface area (Å²) in [4.78, 5) is 8.67. The lowest BCUT2D eigenvalue weighted by molar-refractivity contribution is 0.582. The molecule has 0 atom stereocenters. The average Bonchev–Trinajstić information content (AvgIpc) is 3.34. The van der Waals surface area contributed by atoms with E-state index < -0.39 is 15.1 Å². The van der Waals surface area contributed by atoms with E-state index in [2.05, 4.69) is 25.5 Å². The zero-order chi connectivity index (χ0) is 25.2. The Morgan fingerprint density at radius 3 is 2.46 bits per heavy atom. The van der Waals surface area contributed by atoms with Crippen LogP contribution in [0.5, 0.6) is 0 Å². The van der Waals surface area contributed by atoms with Crippen molar-refractivity contribution in [2.24, 2.45) is 0 Å². The molecule has 0 fully saturated rings. The van der Waals surface area contributed by atoms with Gasteiger partial charge in [0, 0.05) is 22.0 Å². The van der Waals surface area contributed by atoms with Crippen LogP contribution in [0.4, 0.5) is 5.82 Å². The standard InChI is InChI=1S/C24H23N7O3S.3H2/c1-14(2)35(32,33)20-9-8-17(10-18(20)11-25)19-13-28-22(26)21(29-19)24-31-30-23(34-24)16-6-4-15(5-7-16)12-27-3;;;/h4-10,13-14,27H,12H2,1-3H3,(H2,26,28);3*1H. The van der Waals surface area contributed by atoms with Crippen molar-refractivity contribution in [1.82, 2.24) is 25.5 Å². The van der Waals surface area contributed by atoms with Gasteiger partial charge in [0.15, 0.2) is 21.3 Å². The first-order valence-electron chi connectivity index (χ1n) is 10.7. The van der Waals surface area contributed by atoms with E-state index in [0.717, 1.165) is 17.7 Å². The number of nitrogen functional groups attached to an aromatic ring is 1. The molecule has 0 aliphatic rings. The monoisotopic (exact) mass is 495 g/mol. The van der Waals surface area contributed by atoms with Crippen LogP contribution < -0.4 is 11.1 Å². The second-order valence-electron chi connectivity index (χ2n) is 8.05. The number of rotatable bonds is 7. The maximum Gasteiger partial charge on any atom is 0.270 e. The molecule has 0 saturated carbocycles. The highest BCUT2D eigenvalue weighted by Crippen LogP contribution is 2.30. The number of benzene rings is 2. The largest absolute Gasteiger partial charge is 0.414 e. The van der Waals surface area contributed by atoms with Gasteiger partial charge in [-0.3, -0.25) is 0 Å². The number of hydrogen-bond donors (Lipinski definition) is 2. The lowest BCUT2D eigenvalue weighted by Crippen LogP contribution is -2.15. The first kappa shape index (κ1) is 24.0. The summed E-state index contributed by atoms with van der Waals surface area (Å²) in [5.74, 6) is 0.483. The lowest BCUT2D eigenvalue weighted by atomic mass is 10.1. The van der Waals surface area contributed by atoms with Crippen molar-refractivity contribution < 1.29 is 17.1 Å². The van der Waals surface area contributed by atoms with Gasteiger partial charge >= 0.3 is 0 Å². The molecule has 2 aromatic carbocycles. The maximum atomic E-state index is 12.6. The van der Waals surface area contributed by atoms with Gasteiger partial charge in [-0.05, 0) is 50.7 Å². The van der Waals surface area contributed by atoms with Crippen LogP contribution in [-0.4, -0.2) is 40.9 Å². The molecule has 0 amide bonds. The van der Waals surface area contributed by atoms with Crippen molar-refractivity contribution in [3.8, 4) is 40.4 Å². The van der Waals surface area contributed by atoms with Crippen LogP contribution in [0.2, 0.25) is 0 Å². The van der Waals surface area contributed by atoms with E-state index in [-0.39, 0.29) is 32.1 Å². The molecule has 0 radical (unpaired) electrons. The smallest absolute Gasteiger partial charge is 0.270 e. The summed E-state index contributed by atoms with van der Waals surface area (Å²) in [6.45, 7) is 3.88. The summed E-state index contributed by atoms with van der Waals surface area (Å²) in [6.07, 6.45) is 1.43. The van der Waals surface area contributed by atoms with Gasteiger partial charge in [-0.15, -0.1) is 10.2 Å². The van der Waals surface area contributed by atoms with Gasteiger partial charge in [-0.25, -0.2) is 18.4 Å². The van der Waals surface area contributed by atoms with E-state index in [0.29, 0.717) is 17.1 Å². The zero-order valence-corrected chi connectivity index (χ0v) is 20.2. The normalized spacial score (nSPS) is 11.5. The van der Waals surface area contributed by atoms with Gasteiger partial charge in [0.05, 0.1) is 27.6 Å². The number of sulfone groups is 1. The van der Waals surface area contributed by atoms with Crippen molar-refractivity contribution in [2.45, 2.75) is 30.5 Å². The Balaban J connectivity index is 0.00000241. The summed E-state index contributed by atoms with van der Waals surface area (Å²) in [6, 6.07) is 14.1. The van der Waals surface area contributed by atoms with Crippen molar-refractivity contribution in [2.75, 3.05) is 12.8 Å². The van der Waals surface area contributed by atoms with Gasteiger partial charge in [0.2, 0.25) is 5.89 Å². The van der Waals surface area contributed by atoms with E-state index in [1.165, 1.54) is 18.3 Å². The van der Waals surface area contributed by atoms with Gasteiger partial charge in [-0.2, -0.15) is 5.26 Å². The molecule has 2 aromatic heterocycles. The van der Waals surface area contributed by atoms with Crippen LogP contribution in [0, 0.1) is 11.3 Å². The first-order valence-corrected chi connectivity index (χ1v) is 12.3. The fourth-order valence-corrected chi connectivity index (χ4v) is 4.56. The maximum absolute atomic E-state index is 12.6. The van der Waals surface area contributed by atoms with E-state index in [4.69, 9.17) is 10.2 Å².